The molecule has 110 valence electrons. The maximum atomic E-state index is 12.7. The van der Waals surface area contributed by atoms with Gasteiger partial charge in [-0.05, 0) is 31.0 Å². The molecule has 0 aliphatic rings. The van der Waals surface area contributed by atoms with Gasteiger partial charge < -0.3 is 0 Å². The molecule has 0 saturated carbocycles. The third-order valence-electron chi connectivity index (χ3n) is 2.89. The van der Waals surface area contributed by atoms with Gasteiger partial charge in [0.1, 0.15) is 0 Å². The Kier molecular flexibility index (Phi) is 5.07. The number of fused-ring (bicyclic) bond motifs is 1. The molecule has 2 aromatic rings. The van der Waals surface area contributed by atoms with Crippen molar-refractivity contribution in [1.29, 1.82) is 5.26 Å². The van der Waals surface area contributed by atoms with Crippen LogP contribution in [0.1, 0.15) is 20.8 Å². The lowest BCUT2D eigenvalue weighted by Crippen LogP contribution is -2.26. The first-order valence-corrected chi connectivity index (χ1v) is 8.36. The predicted octanol–water partition coefficient (Wildman–Crippen LogP) is 3.82. The molecule has 1 aromatic carbocycles. The van der Waals surface area contributed by atoms with Gasteiger partial charge in [-0.15, -0.1) is 0 Å². The fraction of sp³-hybridized carbons (Fsp3) is 0.400. The Hall–Kier alpha value is -1.32. The molecule has 1 heterocycles. The highest BCUT2D eigenvalue weighted by Gasteiger charge is 2.15. The lowest BCUT2D eigenvalue weighted by atomic mass is 10.2. The molecule has 0 radical (unpaired) electrons. The second-order valence-corrected chi connectivity index (χ2v) is 7.48. The molecule has 1 aromatic heterocycles. The fourth-order valence-electron chi connectivity index (χ4n) is 1.97. The van der Waals surface area contributed by atoms with Crippen molar-refractivity contribution in [3.05, 3.63) is 33.0 Å². The highest BCUT2D eigenvalue weighted by Crippen LogP contribution is 2.24. The summed E-state index contributed by atoms with van der Waals surface area (Å²) in [5, 5.41) is 9.95. The summed E-state index contributed by atoms with van der Waals surface area (Å²) in [6, 6.07) is 7.65. The highest BCUT2D eigenvalue weighted by molar-refractivity contribution is 9.10. The van der Waals surface area contributed by atoms with Crippen molar-refractivity contribution < 1.29 is 0 Å². The molecule has 0 bridgehead atoms. The summed E-state index contributed by atoms with van der Waals surface area (Å²) in [4.78, 5) is 17.3. The average molecular weight is 366 g/mol. The molecule has 0 amide bonds. The lowest BCUT2D eigenvalue weighted by Gasteiger charge is -2.15. The molecule has 0 unspecified atom stereocenters. The van der Waals surface area contributed by atoms with Crippen LogP contribution in [0.4, 0.5) is 0 Å². The molecule has 0 fully saturated rings. The van der Waals surface area contributed by atoms with Crippen molar-refractivity contribution in [2.75, 3.05) is 0 Å². The van der Waals surface area contributed by atoms with Crippen LogP contribution in [0.25, 0.3) is 10.9 Å². The molecule has 0 saturated heterocycles. The number of aromatic nitrogens is 2. The lowest BCUT2D eigenvalue weighted by molar-refractivity contribution is 0.475. The van der Waals surface area contributed by atoms with Crippen LogP contribution in [-0.4, -0.2) is 14.8 Å². The summed E-state index contributed by atoms with van der Waals surface area (Å²) in [6.45, 7) is 6.51. The Balaban J connectivity index is 2.67. The maximum Gasteiger partial charge on any atom is 0.262 e. The zero-order chi connectivity index (χ0) is 15.6. The van der Waals surface area contributed by atoms with Crippen molar-refractivity contribution >= 4 is 38.6 Å². The van der Waals surface area contributed by atoms with E-state index < -0.39 is 0 Å². The van der Waals surface area contributed by atoms with Crippen molar-refractivity contribution in [3.8, 4) is 6.07 Å². The number of rotatable bonds is 4. The Labute approximate surface area is 136 Å². The smallest absolute Gasteiger partial charge is 0.262 e. The summed E-state index contributed by atoms with van der Waals surface area (Å²) in [7, 11) is 0. The summed E-state index contributed by atoms with van der Waals surface area (Å²) in [5.41, 5.74) is 0.610. The second kappa shape index (κ2) is 6.63. The van der Waals surface area contributed by atoms with E-state index in [-0.39, 0.29) is 10.8 Å². The van der Waals surface area contributed by atoms with E-state index in [0.717, 1.165) is 4.47 Å². The fourth-order valence-corrected chi connectivity index (χ4v) is 3.14. The van der Waals surface area contributed by atoms with Gasteiger partial charge >= 0.3 is 0 Å². The van der Waals surface area contributed by atoms with Gasteiger partial charge in [-0.25, -0.2) is 4.98 Å². The predicted molar refractivity (Wildman–Crippen MR) is 89.5 cm³/mol. The van der Waals surface area contributed by atoms with Crippen molar-refractivity contribution in [3.63, 3.8) is 0 Å². The third-order valence-corrected chi connectivity index (χ3v) is 4.37. The van der Waals surface area contributed by atoms with Crippen LogP contribution in [-0.2, 0) is 6.54 Å². The molecule has 0 aliphatic heterocycles. The quantitative estimate of drug-likeness (QED) is 0.610. The highest BCUT2D eigenvalue weighted by atomic mass is 79.9. The van der Waals surface area contributed by atoms with E-state index in [1.807, 2.05) is 19.1 Å². The van der Waals surface area contributed by atoms with Crippen LogP contribution in [0.15, 0.2) is 32.6 Å². The zero-order valence-electron chi connectivity index (χ0n) is 12.1. The number of nitriles is 1. The van der Waals surface area contributed by atoms with E-state index in [0.29, 0.717) is 28.5 Å². The van der Waals surface area contributed by atoms with E-state index in [1.165, 1.54) is 11.8 Å². The maximum absolute atomic E-state index is 12.7. The summed E-state index contributed by atoms with van der Waals surface area (Å²) >= 11 is 4.71. The van der Waals surface area contributed by atoms with Crippen LogP contribution in [0.3, 0.4) is 0 Å². The molecular formula is C15H16BrN3OS. The molecule has 2 rings (SSSR count). The van der Waals surface area contributed by atoms with E-state index >= 15 is 0 Å². The largest absolute Gasteiger partial charge is 0.287 e. The van der Waals surface area contributed by atoms with E-state index in [1.54, 1.807) is 10.6 Å². The minimum Gasteiger partial charge on any atom is -0.287 e. The van der Waals surface area contributed by atoms with Gasteiger partial charge in [-0.3, -0.25) is 9.36 Å². The van der Waals surface area contributed by atoms with Gasteiger partial charge in [0.05, 0.1) is 22.2 Å². The zero-order valence-corrected chi connectivity index (χ0v) is 14.5. The normalized spacial score (nSPS) is 12.6. The Morgan fingerprint density at radius 2 is 2.14 bits per heavy atom. The van der Waals surface area contributed by atoms with Crippen LogP contribution < -0.4 is 5.56 Å². The molecular weight excluding hydrogens is 350 g/mol. The first kappa shape index (κ1) is 16.1. The summed E-state index contributed by atoms with van der Waals surface area (Å²) in [5.74, 6) is 0.325. The van der Waals surface area contributed by atoms with Gasteiger partial charge in [-0.2, -0.15) is 5.26 Å². The average Bonchev–Trinajstić information content (AvgIpc) is 2.43. The van der Waals surface area contributed by atoms with Gasteiger partial charge in [-0.1, -0.05) is 41.5 Å². The standard InChI is InChI=1S/C15H16BrN3OS/c1-9(2)8-19-14(20)12-6-11(16)4-5-13(12)18-15(19)21-10(3)7-17/h4-6,9-10H,8H2,1-3H3/t10-/m0/s1. The van der Waals surface area contributed by atoms with Crippen molar-refractivity contribution in [2.24, 2.45) is 5.92 Å². The molecule has 6 heteroatoms. The molecule has 0 spiro atoms. The van der Waals surface area contributed by atoms with Gasteiger partial charge in [0.25, 0.3) is 5.56 Å². The number of nitrogens with zero attached hydrogens (tertiary/aromatic N) is 3. The van der Waals surface area contributed by atoms with Gasteiger partial charge in [0.2, 0.25) is 0 Å². The van der Waals surface area contributed by atoms with E-state index in [2.05, 4.69) is 40.8 Å². The minimum absolute atomic E-state index is 0.0531. The van der Waals surface area contributed by atoms with E-state index in [9.17, 15) is 4.79 Å². The number of hydrogen-bond donors (Lipinski definition) is 0. The molecule has 21 heavy (non-hydrogen) atoms. The summed E-state index contributed by atoms with van der Waals surface area (Å²) in [6.07, 6.45) is 0. The SMILES string of the molecule is CC(C)Cn1c(S[C@@H](C)C#N)nc2ccc(Br)cc2c1=O. The third kappa shape index (κ3) is 3.66. The molecule has 0 aliphatic carbocycles. The number of hydrogen-bond acceptors (Lipinski definition) is 4. The van der Waals surface area contributed by atoms with Crippen molar-refractivity contribution in [2.45, 2.75) is 37.7 Å². The van der Waals surface area contributed by atoms with Crippen LogP contribution in [0.5, 0.6) is 0 Å². The first-order chi connectivity index (χ1) is 9.92. The monoisotopic (exact) mass is 365 g/mol. The number of benzene rings is 1. The summed E-state index contributed by atoms with van der Waals surface area (Å²) < 4.78 is 2.54. The Morgan fingerprint density at radius 3 is 2.76 bits per heavy atom. The number of thioether (sulfide) groups is 1. The minimum atomic E-state index is -0.247. The molecule has 4 nitrogen and oxygen atoms in total. The van der Waals surface area contributed by atoms with Gasteiger partial charge in [0.15, 0.2) is 5.16 Å². The number of halogens is 1. The first-order valence-electron chi connectivity index (χ1n) is 6.68. The van der Waals surface area contributed by atoms with Crippen molar-refractivity contribution in [1.82, 2.24) is 9.55 Å². The van der Waals surface area contributed by atoms with Crippen LogP contribution in [0.2, 0.25) is 0 Å². The molecule has 1 atom stereocenters. The Bertz CT molecular complexity index is 764. The second-order valence-electron chi connectivity index (χ2n) is 5.25. The molecule has 0 N–H and O–H groups in total. The Morgan fingerprint density at radius 1 is 1.43 bits per heavy atom. The topological polar surface area (TPSA) is 58.7 Å². The van der Waals surface area contributed by atoms with Gasteiger partial charge in [0, 0.05) is 11.0 Å². The van der Waals surface area contributed by atoms with Crippen LogP contribution in [0, 0.1) is 17.2 Å². The van der Waals surface area contributed by atoms with Crippen LogP contribution >= 0.6 is 27.7 Å². The van der Waals surface area contributed by atoms with E-state index in [4.69, 9.17) is 5.26 Å².